The summed E-state index contributed by atoms with van der Waals surface area (Å²) < 4.78 is 1.97. The molecule has 0 fully saturated rings. The van der Waals surface area contributed by atoms with Gasteiger partial charge in [-0.25, -0.2) is 4.98 Å². The number of hydrogen-bond donors (Lipinski definition) is 1. The highest BCUT2D eigenvalue weighted by atomic mass is 32.1. The first kappa shape index (κ1) is 17.4. The van der Waals surface area contributed by atoms with Gasteiger partial charge in [-0.15, -0.1) is 21.5 Å². The molecule has 0 aliphatic carbocycles. The predicted octanol–water partition coefficient (Wildman–Crippen LogP) is 3.14. The Morgan fingerprint density at radius 1 is 1.07 bits per heavy atom. The van der Waals surface area contributed by atoms with Crippen LogP contribution in [0, 0.1) is 0 Å². The molecular formula is C20H19N5OS. The third-order valence-electron chi connectivity index (χ3n) is 4.23. The molecule has 0 unspecified atom stereocenters. The summed E-state index contributed by atoms with van der Waals surface area (Å²) in [5, 5.41) is 14.0. The topological polar surface area (TPSA) is 72.2 Å². The van der Waals surface area contributed by atoms with E-state index < -0.39 is 0 Å². The molecule has 1 amide bonds. The van der Waals surface area contributed by atoms with Gasteiger partial charge in [-0.05, 0) is 24.1 Å². The lowest BCUT2D eigenvalue weighted by molar-refractivity contribution is 0.0948. The van der Waals surface area contributed by atoms with E-state index in [4.69, 9.17) is 0 Å². The van der Waals surface area contributed by atoms with Crippen LogP contribution in [-0.2, 0) is 12.8 Å². The van der Waals surface area contributed by atoms with Crippen molar-refractivity contribution >= 4 is 22.9 Å². The highest BCUT2D eigenvalue weighted by Gasteiger charge is 2.11. The third kappa shape index (κ3) is 4.20. The average Bonchev–Trinajstić information content (AvgIpc) is 3.33. The van der Waals surface area contributed by atoms with E-state index in [1.54, 1.807) is 0 Å². The highest BCUT2D eigenvalue weighted by Crippen LogP contribution is 2.14. The molecule has 4 aromatic rings. The molecule has 3 aromatic heterocycles. The first-order valence-corrected chi connectivity index (χ1v) is 9.73. The maximum atomic E-state index is 12.3. The van der Waals surface area contributed by atoms with Crippen molar-refractivity contribution in [1.29, 1.82) is 0 Å². The van der Waals surface area contributed by atoms with Crippen LogP contribution in [-0.4, -0.2) is 32.0 Å². The quantitative estimate of drug-likeness (QED) is 0.502. The van der Waals surface area contributed by atoms with E-state index >= 15 is 0 Å². The van der Waals surface area contributed by atoms with E-state index in [1.807, 2.05) is 52.4 Å². The average molecular weight is 377 g/mol. The lowest BCUT2D eigenvalue weighted by Crippen LogP contribution is -2.25. The zero-order valence-electron chi connectivity index (χ0n) is 14.7. The Hall–Kier alpha value is -3.06. The monoisotopic (exact) mass is 377 g/mol. The minimum absolute atomic E-state index is 0.128. The van der Waals surface area contributed by atoms with Gasteiger partial charge in [-0.1, -0.05) is 36.4 Å². The van der Waals surface area contributed by atoms with Gasteiger partial charge >= 0.3 is 0 Å². The molecule has 7 heteroatoms. The fourth-order valence-corrected chi connectivity index (χ4v) is 3.68. The summed E-state index contributed by atoms with van der Waals surface area (Å²) in [5.74, 6) is 0.773. The molecule has 0 atom stereocenters. The number of thiazole rings is 1. The van der Waals surface area contributed by atoms with E-state index in [2.05, 4.69) is 32.6 Å². The Morgan fingerprint density at radius 3 is 2.81 bits per heavy atom. The second-order valence-corrected chi connectivity index (χ2v) is 7.14. The highest BCUT2D eigenvalue weighted by molar-refractivity contribution is 7.09. The maximum Gasteiger partial charge on any atom is 0.270 e. The normalized spacial score (nSPS) is 11.0. The summed E-state index contributed by atoms with van der Waals surface area (Å²) in [6, 6.07) is 16.0. The van der Waals surface area contributed by atoms with Gasteiger partial charge < -0.3 is 5.32 Å². The van der Waals surface area contributed by atoms with Gasteiger partial charge in [-0.2, -0.15) is 0 Å². The van der Waals surface area contributed by atoms with Crippen molar-refractivity contribution in [2.45, 2.75) is 19.3 Å². The Balaban J connectivity index is 1.27. The largest absolute Gasteiger partial charge is 0.351 e. The standard InChI is InChI=1S/C20H19N5OS/c26-20(16-14-27-19(22-16)13-15-7-2-1-3-8-15)21-11-6-10-18-24-23-17-9-4-5-12-25(17)18/h1-5,7-9,12,14H,6,10-11,13H2,(H,21,26). The number of nitrogens with zero attached hydrogens (tertiary/aromatic N) is 4. The van der Waals surface area contributed by atoms with Crippen LogP contribution in [0.5, 0.6) is 0 Å². The first-order valence-electron chi connectivity index (χ1n) is 8.85. The predicted molar refractivity (Wildman–Crippen MR) is 105 cm³/mol. The van der Waals surface area contributed by atoms with Crippen LogP contribution in [0.2, 0.25) is 0 Å². The number of rotatable bonds is 7. The van der Waals surface area contributed by atoms with E-state index in [9.17, 15) is 4.79 Å². The molecule has 0 saturated carbocycles. The van der Waals surface area contributed by atoms with Gasteiger partial charge in [0, 0.05) is 31.0 Å². The summed E-state index contributed by atoms with van der Waals surface area (Å²) >= 11 is 1.52. The smallest absolute Gasteiger partial charge is 0.270 e. The third-order valence-corrected chi connectivity index (χ3v) is 5.08. The maximum absolute atomic E-state index is 12.3. The number of fused-ring (bicyclic) bond motifs is 1. The molecular weight excluding hydrogens is 358 g/mol. The molecule has 6 nitrogen and oxygen atoms in total. The Morgan fingerprint density at radius 2 is 1.93 bits per heavy atom. The van der Waals surface area contributed by atoms with Crippen LogP contribution in [0.3, 0.4) is 0 Å². The van der Waals surface area contributed by atoms with E-state index in [1.165, 1.54) is 16.9 Å². The van der Waals surface area contributed by atoms with Crippen molar-refractivity contribution in [3.8, 4) is 0 Å². The van der Waals surface area contributed by atoms with Crippen molar-refractivity contribution in [3.63, 3.8) is 0 Å². The molecule has 0 radical (unpaired) electrons. The van der Waals surface area contributed by atoms with Crippen molar-refractivity contribution in [1.82, 2.24) is 24.9 Å². The molecule has 0 aliphatic rings. The Kier molecular flexibility index (Phi) is 5.20. The summed E-state index contributed by atoms with van der Waals surface area (Å²) in [6.07, 6.45) is 4.25. The zero-order chi connectivity index (χ0) is 18.5. The minimum atomic E-state index is -0.128. The van der Waals surface area contributed by atoms with Crippen molar-refractivity contribution in [2.75, 3.05) is 6.54 Å². The summed E-state index contributed by atoms with van der Waals surface area (Å²) in [6.45, 7) is 0.576. The molecule has 0 aliphatic heterocycles. The zero-order valence-corrected chi connectivity index (χ0v) is 15.5. The summed E-state index contributed by atoms with van der Waals surface area (Å²) in [5.41, 5.74) is 2.52. The van der Waals surface area contributed by atoms with E-state index in [-0.39, 0.29) is 5.91 Å². The SMILES string of the molecule is O=C(NCCCc1nnc2ccccn12)c1csc(Cc2ccccc2)n1. The van der Waals surface area contributed by atoms with Crippen LogP contribution in [0.4, 0.5) is 0 Å². The van der Waals surface area contributed by atoms with Gasteiger partial charge in [0.15, 0.2) is 5.65 Å². The number of pyridine rings is 1. The van der Waals surface area contributed by atoms with E-state index in [0.29, 0.717) is 12.2 Å². The number of carbonyl (C=O) groups excluding carboxylic acids is 1. The number of carbonyl (C=O) groups is 1. The number of hydrogen-bond acceptors (Lipinski definition) is 5. The van der Waals surface area contributed by atoms with Gasteiger partial charge in [0.2, 0.25) is 0 Å². The fraction of sp³-hybridized carbons (Fsp3) is 0.200. The number of nitrogens with one attached hydrogen (secondary N) is 1. The minimum Gasteiger partial charge on any atom is -0.351 e. The second-order valence-electron chi connectivity index (χ2n) is 6.19. The Labute approximate surface area is 160 Å². The summed E-state index contributed by atoms with van der Waals surface area (Å²) in [7, 11) is 0. The number of aromatic nitrogens is 4. The fourth-order valence-electron chi connectivity index (χ4n) is 2.87. The van der Waals surface area contributed by atoms with Crippen molar-refractivity contribution in [3.05, 3.63) is 82.2 Å². The molecule has 27 heavy (non-hydrogen) atoms. The van der Waals surface area contributed by atoms with Gasteiger partial charge in [0.05, 0.1) is 5.01 Å². The lowest BCUT2D eigenvalue weighted by Gasteiger charge is -2.03. The van der Waals surface area contributed by atoms with Crippen LogP contribution in [0.1, 0.15) is 33.3 Å². The molecule has 1 aromatic carbocycles. The van der Waals surface area contributed by atoms with Crippen LogP contribution in [0.25, 0.3) is 5.65 Å². The first-order chi connectivity index (χ1) is 13.3. The number of benzene rings is 1. The molecule has 4 rings (SSSR count). The molecule has 0 bridgehead atoms. The van der Waals surface area contributed by atoms with Crippen LogP contribution < -0.4 is 5.32 Å². The second kappa shape index (κ2) is 8.09. The van der Waals surface area contributed by atoms with Crippen LogP contribution >= 0.6 is 11.3 Å². The lowest BCUT2D eigenvalue weighted by atomic mass is 10.2. The summed E-state index contributed by atoms with van der Waals surface area (Å²) in [4.78, 5) is 16.7. The number of amides is 1. The van der Waals surface area contributed by atoms with Gasteiger partial charge in [0.25, 0.3) is 5.91 Å². The Bertz CT molecular complexity index is 1040. The van der Waals surface area contributed by atoms with Crippen molar-refractivity contribution in [2.24, 2.45) is 0 Å². The van der Waals surface area contributed by atoms with E-state index in [0.717, 1.165) is 35.7 Å². The molecule has 0 spiro atoms. The van der Waals surface area contributed by atoms with Gasteiger partial charge in [-0.3, -0.25) is 9.20 Å². The molecule has 3 heterocycles. The number of aryl methyl sites for hydroxylation is 1. The molecule has 0 saturated heterocycles. The molecule has 1 N–H and O–H groups in total. The van der Waals surface area contributed by atoms with Crippen molar-refractivity contribution < 1.29 is 4.79 Å². The van der Waals surface area contributed by atoms with Gasteiger partial charge in [0.1, 0.15) is 11.5 Å². The van der Waals surface area contributed by atoms with Crippen LogP contribution in [0.15, 0.2) is 60.1 Å². The molecule has 136 valence electrons.